The minimum Gasteiger partial charge on any atom is -0.502 e. The molecule has 0 bridgehead atoms. The standard InChI is InChI=1S/3C10H14O3.Fe/c3*1-3-4-5-9-10(12)8(11)6-7(2)13-9;/h3*6,12H,3-5H2,1-2H3;. The summed E-state index contributed by atoms with van der Waals surface area (Å²) in [4.78, 5) is 33.3. The van der Waals surface area contributed by atoms with Crippen molar-refractivity contribution in [3.05, 3.63) is 83.4 Å². The van der Waals surface area contributed by atoms with E-state index in [-0.39, 0.29) is 50.6 Å². The van der Waals surface area contributed by atoms with Gasteiger partial charge < -0.3 is 28.6 Å². The molecule has 224 valence electrons. The topological polar surface area (TPSA) is 151 Å². The Morgan fingerprint density at radius 3 is 0.950 bits per heavy atom. The van der Waals surface area contributed by atoms with Crippen LogP contribution in [0.2, 0.25) is 0 Å². The Bertz CT molecular complexity index is 1190. The molecule has 40 heavy (non-hydrogen) atoms. The van der Waals surface area contributed by atoms with Gasteiger partial charge in [0.1, 0.15) is 34.6 Å². The third kappa shape index (κ3) is 12.3. The van der Waals surface area contributed by atoms with Crippen LogP contribution in [0, 0.1) is 20.8 Å². The summed E-state index contributed by atoms with van der Waals surface area (Å²) in [6.45, 7) is 11.3. The van der Waals surface area contributed by atoms with Gasteiger partial charge >= 0.3 is 0 Å². The van der Waals surface area contributed by atoms with Crippen LogP contribution >= 0.6 is 0 Å². The monoisotopic (exact) mass is 602 g/mol. The molecular weight excluding hydrogens is 560 g/mol. The average Bonchev–Trinajstić information content (AvgIpc) is 2.88. The fourth-order valence-corrected chi connectivity index (χ4v) is 3.51. The molecule has 0 amide bonds. The van der Waals surface area contributed by atoms with Crippen molar-refractivity contribution in [2.24, 2.45) is 0 Å². The molecule has 0 atom stereocenters. The van der Waals surface area contributed by atoms with Crippen molar-refractivity contribution in [2.45, 2.75) is 99.3 Å². The SMILES string of the molecule is CCCCc1oc(C)cc(=O)c1O.CCCCc1oc(C)cc(=O)c1O.CCCCc1oc(C)cc(=O)c1O.[Fe]. The van der Waals surface area contributed by atoms with Crippen LogP contribution in [0.25, 0.3) is 0 Å². The summed E-state index contributed by atoms with van der Waals surface area (Å²) >= 11 is 0. The molecule has 3 aromatic rings. The summed E-state index contributed by atoms with van der Waals surface area (Å²) in [6, 6.07) is 3.89. The van der Waals surface area contributed by atoms with Gasteiger partial charge in [0.05, 0.1) is 0 Å². The summed E-state index contributed by atoms with van der Waals surface area (Å²) in [5.41, 5.74) is -1.06. The summed E-state index contributed by atoms with van der Waals surface area (Å²) in [6.07, 6.45) is 7.66. The van der Waals surface area contributed by atoms with Crippen molar-refractivity contribution < 1.29 is 45.6 Å². The van der Waals surface area contributed by atoms with Crippen molar-refractivity contribution >= 4 is 0 Å². The van der Waals surface area contributed by atoms with Crippen LogP contribution in [0.3, 0.4) is 0 Å². The second-order valence-corrected chi connectivity index (χ2v) is 9.29. The third-order valence-corrected chi connectivity index (χ3v) is 5.62. The van der Waals surface area contributed by atoms with Crippen molar-refractivity contribution in [3.63, 3.8) is 0 Å². The first-order chi connectivity index (χ1) is 18.4. The van der Waals surface area contributed by atoms with E-state index >= 15 is 0 Å². The van der Waals surface area contributed by atoms with Gasteiger partial charge in [-0.1, -0.05) is 40.0 Å². The third-order valence-electron chi connectivity index (χ3n) is 5.62. The Morgan fingerprint density at radius 1 is 0.525 bits per heavy atom. The molecule has 9 nitrogen and oxygen atoms in total. The van der Waals surface area contributed by atoms with E-state index < -0.39 is 0 Å². The second-order valence-electron chi connectivity index (χ2n) is 9.29. The van der Waals surface area contributed by atoms with Gasteiger partial charge in [0.2, 0.25) is 33.5 Å². The Kier molecular flexibility index (Phi) is 17.4. The van der Waals surface area contributed by atoms with Gasteiger partial charge in [0, 0.05) is 54.5 Å². The molecule has 0 aromatic carbocycles. The Balaban J connectivity index is 0.000000563. The molecule has 10 heteroatoms. The van der Waals surface area contributed by atoms with Gasteiger partial charge in [-0.25, -0.2) is 0 Å². The molecule has 0 saturated carbocycles. The number of rotatable bonds is 9. The maximum absolute atomic E-state index is 11.1. The number of unbranched alkanes of at least 4 members (excludes halogenated alkanes) is 3. The van der Waals surface area contributed by atoms with Gasteiger partial charge in [-0.3, -0.25) is 14.4 Å². The molecule has 0 unspecified atom stereocenters. The quantitative estimate of drug-likeness (QED) is 0.251. The normalized spacial score (nSPS) is 10.1. The molecule has 3 aromatic heterocycles. The minimum atomic E-state index is -0.352. The van der Waals surface area contributed by atoms with Crippen LogP contribution in [0.1, 0.15) is 93.9 Å². The second kappa shape index (κ2) is 18.9. The summed E-state index contributed by atoms with van der Waals surface area (Å²) in [5, 5.41) is 28.0. The van der Waals surface area contributed by atoms with Crippen LogP contribution in [0.15, 0.2) is 45.8 Å². The van der Waals surface area contributed by atoms with E-state index in [1.54, 1.807) is 20.8 Å². The molecular formula is C30H42FeO9. The zero-order chi connectivity index (χ0) is 29.5. The maximum Gasteiger partial charge on any atom is 0.227 e. The molecule has 3 heterocycles. The van der Waals surface area contributed by atoms with Crippen molar-refractivity contribution in [2.75, 3.05) is 0 Å². The van der Waals surface area contributed by atoms with E-state index in [4.69, 9.17) is 13.3 Å². The van der Waals surface area contributed by atoms with Crippen LogP contribution in [0.4, 0.5) is 0 Å². The molecule has 0 radical (unpaired) electrons. The molecule has 0 aliphatic carbocycles. The van der Waals surface area contributed by atoms with Gasteiger partial charge in [-0.2, -0.15) is 0 Å². The smallest absolute Gasteiger partial charge is 0.227 e. The Hall–Kier alpha value is -3.23. The van der Waals surface area contributed by atoms with Gasteiger partial charge in [0.15, 0.2) is 0 Å². The zero-order valence-electron chi connectivity index (χ0n) is 24.2. The van der Waals surface area contributed by atoms with E-state index in [0.29, 0.717) is 53.8 Å². The molecule has 0 spiro atoms. The maximum atomic E-state index is 11.1. The van der Waals surface area contributed by atoms with Crippen LogP contribution in [-0.2, 0) is 36.3 Å². The first kappa shape index (κ1) is 36.8. The number of aryl methyl sites for hydroxylation is 6. The Morgan fingerprint density at radius 2 is 0.750 bits per heavy atom. The molecule has 3 rings (SSSR count). The minimum absolute atomic E-state index is 0. The van der Waals surface area contributed by atoms with Crippen LogP contribution < -0.4 is 16.3 Å². The molecule has 0 aliphatic heterocycles. The largest absolute Gasteiger partial charge is 0.502 e. The first-order valence-corrected chi connectivity index (χ1v) is 13.4. The molecule has 0 fully saturated rings. The number of hydrogen-bond donors (Lipinski definition) is 3. The van der Waals surface area contributed by atoms with Gasteiger partial charge in [0.25, 0.3) is 0 Å². The molecule has 0 saturated heterocycles. The number of hydrogen-bond acceptors (Lipinski definition) is 9. The van der Waals surface area contributed by atoms with E-state index in [1.807, 2.05) is 20.8 Å². The fourth-order valence-electron chi connectivity index (χ4n) is 3.51. The summed E-state index contributed by atoms with van der Waals surface area (Å²) in [5.74, 6) is 2.17. The molecule has 0 aliphatic rings. The molecule has 3 N–H and O–H groups in total. The Labute approximate surface area is 245 Å². The fraction of sp³-hybridized carbons (Fsp3) is 0.500. The van der Waals surface area contributed by atoms with E-state index in [0.717, 1.165) is 38.5 Å². The van der Waals surface area contributed by atoms with Crippen molar-refractivity contribution in [1.82, 2.24) is 0 Å². The number of aromatic hydroxyl groups is 3. The van der Waals surface area contributed by atoms with Crippen LogP contribution in [0.5, 0.6) is 17.2 Å². The zero-order valence-corrected chi connectivity index (χ0v) is 25.3. The summed E-state index contributed by atoms with van der Waals surface area (Å²) in [7, 11) is 0. The average molecular weight is 603 g/mol. The van der Waals surface area contributed by atoms with Crippen molar-refractivity contribution in [1.29, 1.82) is 0 Å². The van der Waals surface area contributed by atoms with E-state index in [2.05, 4.69) is 0 Å². The summed E-state index contributed by atoms with van der Waals surface area (Å²) < 4.78 is 15.7. The van der Waals surface area contributed by atoms with Gasteiger partial charge in [-0.05, 0) is 40.0 Å². The van der Waals surface area contributed by atoms with Crippen LogP contribution in [-0.4, -0.2) is 15.3 Å². The predicted octanol–water partition coefficient (Wildman–Crippen LogP) is 5.99. The van der Waals surface area contributed by atoms with E-state index in [1.165, 1.54) is 18.2 Å². The van der Waals surface area contributed by atoms with Crippen molar-refractivity contribution in [3.8, 4) is 17.2 Å². The first-order valence-electron chi connectivity index (χ1n) is 13.4. The predicted molar refractivity (Wildman–Crippen MR) is 150 cm³/mol. The van der Waals surface area contributed by atoms with E-state index in [9.17, 15) is 29.7 Å². The van der Waals surface area contributed by atoms with Gasteiger partial charge in [-0.15, -0.1) is 0 Å².